The number of carbonyl (C=O) groups excluding carboxylic acids is 1. The van der Waals surface area contributed by atoms with E-state index in [0.717, 1.165) is 25.1 Å². The zero-order valence-electron chi connectivity index (χ0n) is 13.7. The normalized spacial score (nSPS) is 18.8. The molecule has 0 unspecified atom stereocenters. The lowest BCUT2D eigenvalue weighted by molar-refractivity contribution is 0.112. The molecule has 2 aliphatic heterocycles. The Morgan fingerprint density at radius 3 is 2.80 bits per heavy atom. The summed E-state index contributed by atoms with van der Waals surface area (Å²) in [7, 11) is 0. The van der Waals surface area contributed by atoms with Crippen LogP contribution < -0.4 is 20.1 Å². The molecular weight excluding hydrogens is 324 g/mol. The van der Waals surface area contributed by atoms with Gasteiger partial charge in [0.15, 0.2) is 11.5 Å². The van der Waals surface area contributed by atoms with Crippen LogP contribution in [0.15, 0.2) is 30.9 Å². The van der Waals surface area contributed by atoms with Crippen LogP contribution in [0.4, 0.5) is 10.5 Å². The van der Waals surface area contributed by atoms with E-state index >= 15 is 0 Å². The van der Waals surface area contributed by atoms with Crippen molar-refractivity contribution in [1.82, 2.24) is 14.9 Å². The summed E-state index contributed by atoms with van der Waals surface area (Å²) < 4.78 is 18.6. The molecule has 3 heterocycles. The molecular formula is C17H20N4O4. The molecule has 2 N–H and O–H groups in total. The molecule has 2 aromatic rings. The third kappa shape index (κ3) is 3.53. The number of hydrogen-bond donors (Lipinski definition) is 2. The van der Waals surface area contributed by atoms with Crippen molar-refractivity contribution in [3.63, 3.8) is 0 Å². The quantitative estimate of drug-likeness (QED) is 0.885. The van der Waals surface area contributed by atoms with E-state index in [9.17, 15) is 4.79 Å². The van der Waals surface area contributed by atoms with Crippen LogP contribution in [0.2, 0.25) is 0 Å². The van der Waals surface area contributed by atoms with E-state index < -0.39 is 0 Å². The molecule has 0 bridgehead atoms. The van der Waals surface area contributed by atoms with Gasteiger partial charge in [0, 0.05) is 37.7 Å². The average molecular weight is 344 g/mol. The van der Waals surface area contributed by atoms with Gasteiger partial charge in [-0.2, -0.15) is 0 Å². The number of benzene rings is 1. The number of anilines is 1. The number of ether oxygens (including phenoxy) is 3. The summed E-state index contributed by atoms with van der Waals surface area (Å²) in [5.41, 5.74) is 1.38. The highest BCUT2D eigenvalue weighted by atomic mass is 16.6. The zero-order valence-corrected chi connectivity index (χ0v) is 13.7. The fourth-order valence-corrected chi connectivity index (χ4v) is 2.97. The number of amides is 2. The number of fused-ring (bicyclic) bond motifs is 1. The van der Waals surface area contributed by atoms with Crippen LogP contribution in [0, 0.1) is 0 Å². The first-order valence-electron chi connectivity index (χ1n) is 8.38. The number of imidazole rings is 1. The molecule has 0 spiro atoms. The molecule has 8 heteroatoms. The van der Waals surface area contributed by atoms with Crippen molar-refractivity contribution in [2.75, 3.05) is 31.7 Å². The van der Waals surface area contributed by atoms with Gasteiger partial charge in [-0.25, -0.2) is 9.78 Å². The fourth-order valence-electron chi connectivity index (χ4n) is 2.97. The van der Waals surface area contributed by atoms with E-state index in [0.29, 0.717) is 36.9 Å². The second-order valence-corrected chi connectivity index (χ2v) is 5.95. The molecule has 1 saturated heterocycles. The van der Waals surface area contributed by atoms with Gasteiger partial charge in [0.25, 0.3) is 0 Å². The lowest BCUT2D eigenvalue weighted by atomic mass is 10.2. The van der Waals surface area contributed by atoms with E-state index in [4.69, 9.17) is 14.2 Å². The van der Waals surface area contributed by atoms with E-state index in [1.807, 2.05) is 10.6 Å². The first-order chi connectivity index (χ1) is 12.3. The Morgan fingerprint density at radius 2 is 2.08 bits per heavy atom. The summed E-state index contributed by atoms with van der Waals surface area (Å²) in [5, 5.41) is 5.74. The summed E-state index contributed by atoms with van der Waals surface area (Å²) in [6.45, 7) is 2.25. The molecule has 2 aliphatic rings. The van der Waals surface area contributed by atoms with E-state index in [1.54, 1.807) is 24.8 Å². The first-order valence-corrected chi connectivity index (χ1v) is 8.38. The minimum atomic E-state index is -0.284. The van der Waals surface area contributed by atoms with Gasteiger partial charge in [-0.15, -0.1) is 0 Å². The number of nitrogens with one attached hydrogen (secondary N) is 2. The summed E-state index contributed by atoms with van der Waals surface area (Å²) in [4.78, 5) is 16.3. The third-order valence-corrected chi connectivity index (χ3v) is 4.21. The van der Waals surface area contributed by atoms with Gasteiger partial charge >= 0.3 is 6.03 Å². The molecule has 1 aromatic carbocycles. The monoisotopic (exact) mass is 344 g/mol. The highest BCUT2D eigenvalue weighted by Crippen LogP contribution is 2.37. The van der Waals surface area contributed by atoms with Gasteiger partial charge < -0.3 is 29.4 Å². The molecule has 0 radical (unpaired) electrons. The maximum Gasteiger partial charge on any atom is 0.319 e. The summed E-state index contributed by atoms with van der Waals surface area (Å²) in [6, 6.07) is 3.33. The van der Waals surface area contributed by atoms with Crippen LogP contribution in [0.3, 0.4) is 0 Å². The van der Waals surface area contributed by atoms with Crippen molar-refractivity contribution in [1.29, 1.82) is 0 Å². The molecule has 2 amide bonds. The number of hydrogen-bond acceptors (Lipinski definition) is 5. The number of aromatic nitrogens is 2. The maximum atomic E-state index is 12.3. The van der Waals surface area contributed by atoms with Gasteiger partial charge in [-0.3, -0.25) is 0 Å². The second-order valence-electron chi connectivity index (χ2n) is 5.95. The van der Waals surface area contributed by atoms with Crippen LogP contribution in [0.1, 0.15) is 12.8 Å². The van der Waals surface area contributed by atoms with Crippen molar-refractivity contribution < 1.29 is 19.0 Å². The van der Waals surface area contributed by atoms with Crippen LogP contribution in [-0.4, -0.2) is 48.1 Å². The molecule has 1 fully saturated rings. The molecule has 1 atom stereocenters. The predicted molar refractivity (Wildman–Crippen MR) is 90.5 cm³/mol. The lowest BCUT2D eigenvalue weighted by Gasteiger charge is -2.22. The van der Waals surface area contributed by atoms with Gasteiger partial charge in [0.2, 0.25) is 0 Å². The molecule has 25 heavy (non-hydrogen) atoms. The van der Waals surface area contributed by atoms with E-state index in [-0.39, 0.29) is 12.1 Å². The summed E-state index contributed by atoms with van der Waals surface area (Å²) in [6.07, 6.45) is 7.27. The smallest absolute Gasteiger partial charge is 0.319 e. The Labute approximate surface area is 145 Å². The van der Waals surface area contributed by atoms with E-state index in [2.05, 4.69) is 15.6 Å². The van der Waals surface area contributed by atoms with Crippen molar-refractivity contribution in [3.05, 3.63) is 30.9 Å². The van der Waals surface area contributed by atoms with Crippen molar-refractivity contribution in [2.45, 2.75) is 18.9 Å². The number of nitrogens with zero attached hydrogens (tertiary/aromatic N) is 2. The van der Waals surface area contributed by atoms with Gasteiger partial charge in [0.05, 0.1) is 23.8 Å². The highest BCUT2D eigenvalue weighted by molar-refractivity contribution is 5.92. The SMILES string of the molecule is O=C(NC[C@H]1CCCO1)Nc1cc2c(cc1-n1ccnc1)OCCO2. The lowest BCUT2D eigenvalue weighted by Crippen LogP contribution is -2.35. The molecule has 4 rings (SSSR count). The van der Waals surface area contributed by atoms with Crippen molar-refractivity contribution in [2.24, 2.45) is 0 Å². The number of urea groups is 1. The minimum Gasteiger partial charge on any atom is -0.486 e. The van der Waals surface area contributed by atoms with Gasteiger partial charge in [-0.05, 0) is 12.8 Å². The van der Waals surface area contributed by atoms with Crippen LogP contribution in [0.25, 0.3) is 5.69 Å². The first kappa shape index (κ1) is 15.8. The molecule has 1 aromatic heterocycles. The number of rotatable bonds is 4. The van der Waals surface area contributed by atoms with E-state index in [1.165, 1.54) is 0 Å². The Kier molecular flexibility index (Phi) is 4.43. The fraction of sp³-hybridized carbons (Fsp3) is 0.412. The van der Waals surface area contributed by atoms with Crippen LogP contribution in [0.5, 0.6) is 11.5 Å². The summed E-state index contributed by atoms with van der Waals surface area (Å²) in [5.74, 6) is 1.27. The van der Waals surface area contributed by atoms with Gasteiger partial charge in [-0.1, -0.05) is 0 Å². The van der Waals surface area contributed by atoms with Crippen LogP contribution in [-0.2, 0) is 4.74 Å². The Hall–Kier alpha value is -2.74. The third-order valence-electron chi connectivity index (χ3n) is 4.21. The Morgan fingerprint density at radius 1 is 1.24 bits per heavy atom. The average Bonchev–Trinajstić information content (AvgIpc) is 3.33. The Bertz CT molecular complexity index is 741. The molecule has 132 valence electrons. The highest BCUT2D eigenvalue weighted by Gasteiger charge is 2.19. The maximum absolute atomic E-state index is 12.3. The largest absolute Gasteiger partial charge is 0.486 e. The molecule has 0 saturated carbocycles. The standard InChI is InChI=1S/C17H20N4O4/c22-17(19-10-12-2-1-5-23-12)20-13-8-15-16(25-7-6-24-15)9-14(13)21-4-3-18-11-21/h3-4,8-9,11-12H,1-2,5-7,10H2,(H2,19,20,22)/t12-/m1/s1. The van der Waals surface area contributed by atoms with Crippen LogP contribution >= 0.6 is 0 Å². The number of carbonyl (C=O) groups is 1. The molecule has 8 nitrogen and oxygen atoms in total. The predicted octanol–water partition coefficient (Wildman–Crippen LogP) is 1.94. The Balaban J connectivity index is 1.53. The summed E-state index contributed by atoms with van der Waals surface area (Å²) >= 11 is 0. The van der Waals surface area contributed by atoms with Gasteiger partial charge in [0.1, 0.15) is 13.2 Å². The van der Waals surface area contributed by atoms with Crippen molar-refractivity contribution >= 4 is 11.7 Å². The topological polar surface area (TPSA) is 86.6 Å². The zero-order chi connectivity index (χ0) is 17.1. The minimum absolute atomic E-state index is 0.0964. The second kappa shape index (κ2) is 7.02. The van der Waals surface area contributed by atoms with Crippen molar-refractivity contribution in [3.8, 4) is 17.2 Å². The molecule has 0 aliphatic carbocycles.